The Balaban J connectivity index is 1.70. The van der Waals surface area contributed by atoms with Crippen LogP contribution in [0, 0.1) is 0 Å². The van der Waals surface area contributed by atoms with E-state index in [4.69, 9.17) is 14.5 Å². The number of esters is 1. The maximum Gasteiger partial charge on any atom is 0.328 e. The number of carbonyl (C=O) groups excluding carboxylic acids is 2. The third-order valence-electron chi connectivity index (χ3n) is 5.23. The fraction of sp³-hybridized carbons (Fsp3) is 0.333. The summed E-state index contributed by atoms with van der Waals surface area (Å²) in [6, 6.07) is 10.5. The molecule has 2 unspecified atom stereocenters. The highest BCUT2D eigenvalue weighted by atomic mass is 32.1. The summed E-state index contributed by atoms with van der Waals surface area (Å²) >= 11 is 1.50. The van der Waals surface area contributed by atoms with Gasteiger partial charge in [0.1, 0.15) is 16.8 Å². The maximum absolute atomic E-state index is 13.1. The van der Waals surface area contributed by atoms with Crippen molar-refractivity contribution in [2.75, 3.05) is 11.5 Å². The van der Waals surface area contributed by atoms with Gasteiger partial charge in [0.15, 0.2) is 6.10 Å². The first-order chi connectivity index (χ1) is 15.5. The lowest BCUT2D eigenvalue weighted by Crippen LogP contribution is -2.52. The van der Waals surface area contributed by atoms with E-state index in [2.05, 4.69) is 4.98 Å². The van der Waals surface area contributed by atoms with Gasteiger partial charge in [-0.2, -0.15) is 0 Å². The number of hydrogen-bond donors (Lipinski definition) is 0. The monoisotopic (exact) mass is 451 g/mol. The van der Waals surface area contributed by atoms with E-state index in [1.54, 1.807) is 13.1 Å². The lowest BCUT2D eigenvalue weighted by Gasteiger charge is -2.37. The zero-order valence-electron chi connectivity index (χ0n) is 18.3. The van der Waals surface area contributed by atoms with E-state index in [0.29, 0.717) is 24.5 Å². The molecule has 0 saturated carbocycles. The number of thiazole rings is 1. The van der Waals surface area contributed by atoms with Crippen molar-refractivity contribution < 1.29 is 19.1 Å². The van der Waals surface area contributed by atoms with E-state index in [1.807, 2.05) is 55.6 Å². The van der Waals surface area contributed by atoms with Crippen molar-refractivity contribution in [1.29, 1.82) is 0 Å². The van der Waals surface area contributed by atoms with Crippen LogP contribution in [-0.2, 0) is 14.3 Å². The molecular weight excluding hydrogens is 426 g/mol. The molecule has 1 aliphatic rings. The van der Waals surface area contributed by atoms with Crippen molar-refractivity contribution in [2.45, 2.75) is 45.8 Å². The number of anilines is 1. The Labute approximate surface area is 191 Å². The van der Waals surface area contributed by atoms with Crippen molar-refractivity contribution in [3.05, 3.63) is 48.0 Å². The first kappa shape index (κ1) is 22.0. The number of fused-ring (bicyclic) bond motifs is 1. The van der Waals surface area contributed by atoms with Crippen LogP contribution in [-0.4, -0.2) is 40.6 Å². The summed E-state index contributed by atoms with van der Waals surface area (Å²) in [5.41, 5.74) is 2.95. The quantitative estimate of drug-likeness (QED) is 0.484. The van der Waals surface area contributed by atoms with E-state index in [0.717, 1.165) is 28.4 Å². The van der Waals surface area contributed by atoms with E-state index < -0.39 is 18.1 Å². The average molecular weight is 452 g/mol. The SMILES string of the molecule is CCCOC(=O)C(C)N1C(=O)C(CC)Oc2ccc(-c3csc(-c4ccccn4)n3)cc21. The Bertz CT molecular complexity index is 1120. The van der Waals surface area contributed by atoms with Gasteiger partial charge in [0.2, 0.25) is 0 Å². The summed E-state index contributed by atoms with van der Waals surface area (Å²) in [4.78, 5) is 36.3. The number of aromatic nitrogens is 2. The molecule has 4 rings (SSSR count). The summed E-state index contributed by atoms with van der Waals surface area (Å²) in [6.07, 6.45) is 2.33. The molecule has 0 aliphatic carbocycles. The van der Waals surface area contributed by atoms with E-state index >= 15 is 0 Å². The molecule has 3 aromatic rings. The van der Waals surface area contributed by atoms with Crippen LogP contribution in [0.3, 0.4) is 0 Å². The molecule has 0 radical (unpaired) electrons. The molecule has 32 heavy (non-hydrogen) atoms. The van der Waals surface area contributed by atoms with Crippen molar-refractivity contribution in [1.82, 2.24) is 9.97 Å². The Hall–Kier alpha value is -3.26. The summed E-state index contributed by atoms with van der Waals surface area (Å²) in [5.74, 6) is -0.111. The molecular formula is C24H25N3O4S. The predicted molar refractivity (Wildman–Crippen MR) is 124 cm³/mol. The fourth-order valence-electron chi connectivity index (χ4n) is 3.54. The van der Waals surface area contributed by atoms with Gasteiger partial charge >= 0.3 is 5.97 Å². The zero-order chi connectivity index (χ0) is 22.7. The molecule has 7 nitrogen and oxygen atoms in total. The average Bonchev–Trinajstić information content (AvgIpc) is 3.32. The lowest BCUT2D eigenvalue weighted by atomic mass is 10.1. The van der Waals surface area contributed by atoms with Gasteiger partial charge in [-0.25, -0.2) is 9.78 Å². The highest BCUT2D eigenvalue weighted by Crippen LogP contribution is 2.40. The number of pyridine rings is 1. The highest BCUT2D eigenvalue weighted by molar-refractivity contribution is 7.13. The molecule has 2 aromatic heterocycles. The molecule has 0 spiro atoms. The topological polar surface area (TPSA) is 81.6 Å². The van der Waals surface area contributed by atoms with Crippen molar-refractivity contribution in [3.63, 3.8) is 0 Å². The Morgan fingerprint density at radius 3 is 2.81 bits per heavy atom. The Kier molecular flexibility index (Phi) is 6.50. The fourth-order valence-corrected chi connectivity index (χ4v) is 4.35. The first-order valence-corrected chi connectivity index (χ1v) is 11.6. The summed E-state index contributed by atoms with van der Waals surface area (Å²) < 4.78 is 11.2. The van der Waals surface area contributed by atoms with Crippen LogP contribution in [0.2, 0.25) is 0 Å². The number of rotatable bonds is 7. The van der Waals surface area contributed by atoms with Gasteiger partial charge < -0.3 is 9.47 Å². The molecule has 3 heterocycles. The second kappa shape index (κ2) is 9.48. The van der Waals surface area contributed by atoms with Crippen molar-refractivity contribution in [2.24, 2.45) is 0 Å². The lowest BCUT2D eigenvalue weighted by molar-refractivity contribution is -0.146. The maximum atomic E-state index is 13.1. The number of hydrogen-bond acceptors (Lipinski definition) is 7. The van der Waals surface area contributed by atoms with Crippen LogP contribution in [0.25, 0.3) is 22.0 Å². The minimum atomic E-state index is -0.763. The number of carbonyl (C=O) groups is 2. The molecule has 0 saturated heterocycles. The van der Waals surface area contributed by atoms with Crippen molar-refractivity contribution >= 4 is 28.9 Å². The van der Waals surface area contributed by atoms with Gasteiger partial charge in [-0.1, -0.05) is 19.9 Å². The molecule has 0 fully saturated rings. The van der Waals surface area contributed by atoms with E-state index in [-0.39, 0.29) is 5.91 Å². The summed E-state index contributed by atoms with van der Waals surface area (Å²) in [5, 5.41) is 2.76. The molecule has 166 valence electrons. The number of nitrogens with zero attached hydrogens (tertiary/aromatic N) is 3. The largest absolute Gasteiger partial charge is 0.478 e. The van der Waals surface area contributed by atoms with Crippen LogP contribution < -0.4 is 9.64 Å². The predicted octanol–water partition coefficient (Wildman–Crippen LogP) is 4.72. The second-order valence-electron chi connectivity index (χ2n) is 7.50. The third-order valence-corrected chi connectivity index (χ3v) is 6.10. The highest BCUT2D eigenvalue weighted by Gasteiger charge is 2.39. The molecule has 0 bridgehead atoms. The molecule has 1 amide bonds. The Morgan fingerprint density at radius 2 is 2.09 bits per heavy atom. The number of benzene rings is 1. The van der Waals surface area contributed by atoms with Crippen LogP contribution in [0.15, 0.2) is 48.0 Å². The van der Waals surface area contributed by atoms with E-state index in [9.17, 15) is 9.59 Å². The van der Waals surface area contributed by atoms with Gasteiger partial charge in [0.05, 0.1) is 23.7 Å². The minimum Gasteiger partial charge on any atom is -0.478 e. The molecule has 2 atom stereocenters. The number of ether oxygens (including phenoxy) is 2. The molecule has 1 aliphatic heterocycles. The van der Waals surface area contributed by atoms with Gasteiger partial charge in [-0.15, -0.1) is 11.3 Å². The third kappa shape index (κ3) is 4.23. The van der Waals surface area contributed by atoms with Crippen molar-refractivity contribution in [3.8, 4) is 27.7 Å². The summed E-state index contributed by atoms with van der Waals surface area (Å²) in [7, 11) is 0. The normalized spacial score (nSPS) is 16.3. The van der Waals surface area contributed by atoms with Gasteiger partial charge in [-0.3, -0.25) is 14.7 Å². The van der Waals surface area contributed by atoms with Gasteiger partial charge in [-0.05, 0) is 50.1 Å². The number of amides is 1. The van der Waals surface area contributed by atoms with Crippen LogP contribution in [0.4, 0.5) is 5.69 Å². The van der Waals surface area contributed by atoms with Crippen LogP contribution in [0.5, 0.6) is 5.75 Å². The van der Waals surface area contributed by atoms with Gasteiger partial charge in [0, 0.05) is 17.1 Å². The standard InChI is InChI=1S/C24H25N3O4S/c1-4-12-30-24(29)15(3)27-19-13-16(9-10-21(19)31-20(5-2)23(27)28)18-14-32-22(26-18)17-8-6-7-11-25-17/h6-11,13-15,20H,4-5,12H2,1-3H3. The zero-order valence-corrected chi connectivity index (χ0v) is 19.1. The van der Waals surface area contributed by atoms with Crippen LogP contribution >= 0.6 is 11.3 Å². The van der Waals surface area contributed by atoms with Crippen LogP contribution in [0.1, 0.15) is 33.6 Å². The minimum absolute atomic E-state index is 0.245. The van der Waals surface area contributed by atoms with Gasteiger partial charge in [0.25, 0.3) is 5.91 Å². The summed E-state index contributed by atoms with van der Waals surface area (Å²) in [6.45, 7) is 5.82. The molecule has 1 aromatic carbocycles. The Morgan fingerprint density at radius 1 is 1.25 bits per heavy atom. The molecule has 0 N–H and O–H groups in total. The smallest absolute Gasteiger partial charge is 0.328 e. The first-order valence-electron chi connectivity index (χ1n) is 10.7. The van der Waals surface area contributed by atoms with E-state index in [1.165, 1.54) is 16.2 Å². The second-order valence-corrected chi connectivity index (χ2v) is 8.36. The molecule has 8 heteroatoms.